The van der Waals surface area contributed by atoms with Crippen molar-refractivity contribution in [1.29, 1.82) is 0 Å². The second-order valence-electron chi connectivity index (χ2n) is 6.03. The van der Waals surface area contributed by atoms with Crippen LogP contribution in [0.5, 0.6) is 5.75 Å². The van der Waals surface area contributed by atoms with Crippen molar-refractivity contribution in [1.82, 2.24) is 4.90 Å². The molecule has 1 saturated carbocycles. The molecular formula is C17H25NO2. The van der Waals surface area contributed by atoms with Crippen LogP contribution in [-0.2, 0) is 6.54 Å². The molecule has 3 nitrogen and oxygen atoms in total. The highest BCUT2D eigenvalue weighted by Gasteiger charge is 2.23. The van der Waals surface area contributed by atoms with Crippen molar-refractivity contribution in [2.24, 2.45) is 5.92 Å². The van der Waals surface area contributed by atoms with Crippen LogP contribution < -0.4 is 4.74 Å². The summed E-state index contributed by atoms with van der Waals surface area (Å²) >= 11 is 0. The molecule has 0 spiro atoms. The third-order valence-electron chi connectivity index (χ3n) is 4.39. The van der Waals surface area contributed by atoms with Gasteiger partial charge >= 0.3 is 0 Å². The molecule has 2 unspecified atom stereocenters. The van der Waals surface area contributed by atoms with E-state index in [9.17, 15) is 4.79 Å². The average Bonchev–Trinajstić information content (AvgIpc) is 2.47. The Labute approximate surface area is 121 Å². The highest BCUT2D eigenvalue weighted by molar-refractivity contribution is 5.75. The maximum absolute atomic E-state index is 10.9. The topological polar surface area (TPSA) is 29.5 Å². The van der Waals surface area contributed by atoms with Crippen molar-refractivity contribution < 1.29 is 9.53 Å². The van der Waals surface area contributed by atoms with Gasteiger partial charge < -0.3 is 4.74 Å². The third-order valence-corrected chi connectivity index (χ3v) is 4.39. The van der Waals surface area contributed by atoms with E-state index in [1.165, 1.54) is 25.7 Å². The van der Waals surface area contributed by atoms with Crippen molar-refractivity contribution in [2.45, 2.75) is 45.2 Å². The Hall–Kier alpha value is -1.35. The predicted molar refractivity (Wildman–Crippen MR) is 81.3 cm³/mol. The largest absolute Gasteiger partial charge is 0.496 e. The zero-order chi connectivity index (χ0) is 14.5. The van der Waals surface area contributed by atoms with Crippen LogP contribution in [0.3, 0.4) is 0 Å². The Morgan fingerprint density at radius 2 is 2.20 bits per heavy atom. The predicted octanol–water partition coefficient (Wildman–Crippen LogP) is 3.52. The van der Waals surface area contributed by atoms with Gasteiger partial charge in [-0.25, -0.2) is 0 Å². The van der Waals surface area contributed by atoms with Crippen molar-refractivity contribution in [2.75, 3.05) is 14.2 Å². The van der Waals surface area contributed by atoms with Gasteiger partial charge in [0.2, 0.25) is 0 Å². The summed E-state index contributed by atoms with van der Waals surface area (Å²) in [6, 6.07) is 6.27. The van der Waals surface area contributed by atoms with Crippen LogP contribution in [0.15, 0.2) is 18.2 Å². The molecule has 0 bridgehead atoms. The van der Waals surface area contributed by atoms with Crippen LogP contribution in [0.2, 0.25) is 0 Å². The zero-order valence-electron chi connectivity index (χ0n) is 12.8. The first-order chi connectivity index (χ1) is 9.63. The molecular weight excluding hydrogens is 250 g/mol. The maximum Gasteiger partial charge on any atom is 0.150 e. The average molecular weight is 275 g/mol. The second kappa shape index (κ2) is 6.89. The van der Waals surface area contributed by atoms with Crippen LogP contribution in [0.4, 0.5) is 0 Å². The number of rotatable bonds is 5. The fourth-order valence-corrected chi connectivity index (χ4v) is 3.20. The van der Waals surface area contributed by atoms with Crippen molar-refractivity contribution in [3.05, 3.63) is 29.3 Å². The molecule has 1 aromatic rings. The van der Waals surface area contributed by atoms with Crippen LogP contribution >= 0.6 is 0 Å². The summed E-state index contributed by atoms with van der Waals surface area (Å²) in [6.07, 6.45) is 6.12. The van der Waals surface area contributed by atoms with E-state index >= 15 is 0 Å². The van der Waals surface area contributed by atoms with E-state index in [1.807, 2.05) is 12.1 Å². The van der Waals surface area contributed by atoms with E-state index in [-0.39, 0.29) is 0 Å². The molecule has 0 aromatic heterocycles. The summed E-state index contributed by atoms with van der Waals surface area (Å²) in [5.74, 6) is 1.69. The van der Waals surface area contributed by atoms with Gasteiger partial charge in [0, 0.05) is 23.7 Å². The molecule has 0 amide bonds. The number of hydrogen-bond donors (Lipinski definition) is 0. The monoisotopic (exact) mass is 275 g/mol. The number of methoxy groups -OCH3 is 1. The number of benzene rings is 1. The van der Waals surface area contributed by atoms with Gasteiger partial charge in [0.1, 0.15) is 12.0 Å². The normalized spacial score (nSPS) is 22.8. The molecule has 3 heteroatoms. The summed E-state index contributed by atoms with van der Waals surface area (Å²) in [5, 5.41) is 0. The minimum atomic E-state index is 0.642. The van der Waals surface area contributed by atoms with Gasteiger partial charge in [-0.2, -0.15) is 0 Å². The fourth-order valence-electron chi connectivity index (χ4n) is 3.20. The molecule has 0 saturated heterocycles. The number of carbonyl (C=O) groups is 1. The van der Waals surface area contributed by atoms with Crippen LogP contribution in [-0.4, -0.2) is 31.4 Å². The number of carbonyl (C=O) groups excluding carboxylic acids is 1. The molecule has 110 valence electrons. The SMILES string of the molecule is COc1ccc(C=O)cc1CN(C)C1CCCC(C)C1. The maximum atomic E-state index is 10.9. The number of aldehydes is 1. The molecule has 0 heterocycles. The third kappa shape index (κ3) is 3.60. The summed E-state index contributed by atoms with van der Waals surface area (Å²) in [6.45, 7) is 3.18. The lowest BCUT2D eigenvalue weighted by Crippen LogP contribution is -2.35. The van der Waals surface area contributed by atoms with E-state index in [0.29, 0.717) is 11.6 Å². The summed E-state index contributed by atoms with van der Waals surface area (Å²) in [5.41, 5.74) is 1.81. The Balaban J connectivity index is 2.09. The first-order valence-corrected chi connectivity index (χ1v) is 7.46. The Morgan fingerprint density at radius 1 is 1.40 bits per heavy atom. The quantitative estimate of drug-likeness (QED) is 0.770. The molecule has 0 radical (unpaired) electrons. The van der Waals surface area contributed by atoms with Gasteiger partial charge in [-0.1, -0.05) is 19.8 Å². The van der Waals surface area contributed by atoms with Gasteiger partial charge in [0.05, 0.1) is 7.11 Å². The van der Waals surface area contributed by atoms with E-state index in [4.69, 9.17) is 4.74 Å². The van der Waals surface area contributed by atoms with Gasteiger partial charge in [-0.3, -0.25) is 9.69 Å². The summed E-state index contributed by atoms with van der Waals surface area (Å²) in [4.78, 5) is 13.3. The minimum absolute atomic E-state index is 0.642. The van der Waals surface area contributed by atoms with Gasteiger partial charge in [0.15, 0.2) is 0 Å². The Kier molecular flexibility index (Phi) is 5.18. The molecule has 1 aliphatic rings. The molecule has 1 aromatic carbocycles. The second-order valence-corrected chi connectivity index (χ2v) is 6.03. The van der Waals surface area contributed by atoms with Crippen molar-refractivity contribution in [3.63, 3.8) is 0 Å². The lowest BCUT2D eigenvalue weighted by Gasteiger charge is -2.34. The van der Waals surface area contributed by atoms with E-state index in [1.54, 1.807) is 13.2 Å². The Morgan fingerprint density at radius 3 is 2.85 bits per heavy atom. The van der Waals surface area contributed by atoms with Crippen molar-refractivity contribution >= 4 is 6.29 Å². The molecule has 2 atom stereocenters. The van der Waals surface area contributed by atoms with Crippen LogP contribution in [0, 0.1) is 5.92 Å². The van der Waals surface area contributed by atoms with Gasteiger partial charge in [-0.15, -0.1) is 0 Å². The number of ether oxygens (including phenoxy) is 1. The number of nitrogens with zero attached hydrogens (tertiary/aromatic N) is 1. The standard InChI is InChI=1S/C17H25NO2/c1-13-5-4-6-16(9-13)18(2)11-15-10-14(12-19)7-8-17(15)20-3/h7-8,10,12-13,16H,4-6,9,11H2,1-3H3. The fraction of sp³-hybridized carbons (Fsp3) is 0.588. The summed E-state index contributed by atoms with van der Waals surface area (Å²) in [7, 11) is 3.86. The van der Waals surface area contributed by atoms with Gasteiger partial charge in [0.25, 0.3) is 0 Å². The van der Waals surface area contributed by atoms with E-state index < -0.39 is 0 Å². The van der Waals surface area contributed by atoms with Crippen LogP contribution in [0.25, 0.3) is 0 Å². The first kappa shape index (κ1) is 15.0. The van der Waals surface area contributed by atoms with Gasteiger partial charge in [-0.05, 0) is 44.0 Å². The molecule has 20 heavy (non-hydrogen) atoms. The molecule has 2 rings (SSSR count). The minimum Gasteiger partial charge on any atom is -0.496 e. The lowest BCUT2D eigenvalue weighted by molar-refractivity contribution is 0.112. The molecule has 1 aliphatic carbocycles. The zero-order valence-corrected chi connectivity index (χ0v) is 12.8. The molecule has 0 N–H and O–H groups in total. The Bertz CT molecular complexity index is 458. The highest BCUT2D eigenvalue weighted by atomic mass is 16.5. The number of hydrogen-bond acceptors (Lipinski definition) is 3. The van der Waals surface area contributed by atoms with E-state index in [2.05, 4.69) is 18.9 Å². The highest BCUT2D eigenvalue weighted by Crippen LogP contribution is 2.29. The summed E-state index contributed by atoms with van der Waals surface area (Å²) < 4.78 is 5.41. The van der Waals surface area contributed by atoms with E-state index in [0.717, 1.165) is 30.1 Å². The first-order valence-electron chi connectivity index (χ1n) is 7.46. The lowest BCUT2D eigenvalue weighted by atomic mass is 9.86. The van der Waals surface area contributed by atoms with Crippen molar-refractivity contribution in [3.8, 4) is 5.75 Å². The molecule has 1 fully saturated rings. The smallest absolute Gasteiger partial charge is 0.150 e. The molecule has 0 aliphatic heterocycles. The van der Waals surface area contributed by atoms with Crippen LogP contribution in [0.1, 0.15) is 48.5 Å².